The molecule has 0 heterocycles. The van der Waals surface area contributed by atoms with Gasteiger partial charge in [-0.05, 0) is 19.3 Å². The van der Waals surface area contributed by atoms with Gasteiger partial charge in [-0.1, -0.05) is 103 Å². The molecule has 4 atom stereocenters. The first-order chi connectivity index (χ1) is 17.4. The van der Waals surface area contributed by atoms with Gasteiger partial charge in [0.15, 0.2) is 0 Å². The van der Waals surface area contributed by atoms with Gasteiger partial charge in [-0.15, -0.1) is 0 Å². The topological polar surface area (TPSA) is 105 Å². The average Bonchev–Trinajstić information content (AvgIpc) is 2.81. The van der Waals surface area contributed by atoms with E-state index in [2.05, 4.69) is 38.8 Å². The zero-order chi connectivity index (χ0) is 28.2. The summed E-state index contributed by atoms with van der Waals surface area (Å²) in [6.45, 7) is 1.73. The number of ether oxygens (including phenoxy) is 1. The Labute approximate surface area is 242 Å². The molecule has 0 saturated carbocycles. The van der Waals surface area contributed by atoms with Crippen LogP contribution in [0.1, 0.15) is 96.8 Å². The molecule has 1 N–H and O–H groups in total. The molecule has 0 amide bonds. The lowest BCUT2D eigenvalue weighted by Gasteiger charge is -2.28. The number of likely N-dealkylation sites (N-methyl/N-ethyl adjacent to an activating group) is 1. The number of esters is 1. The van der Waals surface area contributed by atoms with Crippen molar-refractivity contribution in [3.63, 3.8) is 0 Å². The Hall–Kier alpha value is 0.460. The van der Waals surface area contributed by atoms with Gasteiger partial charge < -0.3 is 28.3 Å². The number of aliphatic hydroxyl groups excluding tert-OH is 1. The van der Waals surface area contributed by atoms with Crippen molar-refractivity contribution >= 4 is 45.7 Å². The molecule has 0 rings (SSSR count). The number of halogens is 2. The Balaban J connectivity index is 3.88. The zero-order valence-corrected chi connectivity index (χ0v) is 27.6. The molecule has 11 heteroatoms. The number of alkyl halides is 2. The fraction of sp³-hybridized carbons (Fsp3) is 0.962. The molecule has 0 bridgehead atoms. The van der Waals surface area contributed by atoms with Crippen LogP contribution in [0.25, 0.3) is 0 Å². The minimum atomic E-state index is -4.52. The summed E-state index contributed by atoms with van der Waals surface area (Å²) in [5.74, 6) is -0.466. The van der Waals surface area contributed by atoms with Crippen LogP contribution in [-0.4, -0.2) is 78.8 Å². The summed E-state index contributed by atoms with van der Waals surface area (Å²) >= 11 is 7.67. The monoisotopic (exact) mass is 679 g/mol. The van der Waals surface area contributed by atoms with Gasteiger partial charge in [0, 0.05) is 16.1 Å². The van der Waals surface area contributed by atoms with Crippen molar-refractivity contribution in [1.29, 1.82) is 0 Å². The van der Waals surface area contributed by atoms with E-state index in [1.807, 2.05) is 21.1 Å². The number of carbonyl (C=O) groups is 1. The van der Waals surface area contributed by atoms with Crippen molar-refractivity contribution in [1.82, 2.24) is 0 Å². The van der Waals surface area contributed by atoms with E-state index < -0.39 is 33.1 Å². The fourth-order valence-electron chi connectivity index (χ4n) is 3.63. The second-order valence-electron chi connectivity index (χ2n) is 10.8. The van der Waals surface area contributed by atoms with Gasteiger partial charge in [-0.2, -0.15) is 0 Å². The molecule has 0 aromatic heterocycles. The largest absolute Gasteiger partial charge is 0.756 e. The molecule has 8 nitrogen and oxygen atoms in total. The lowest BCUT2D eigenvalue weighted by atomic mass is 10.0. The number of rotatable bonds is 25. The molecule has 0 spiro atoms. The summed E-state index contributed by atoms with van der Waals surface area (Å²) in [6.07, 6.45) is 14.4. The van der Waals surface area contributed by atoms with Crippen molar-refractivity contribution in [3.8, 4) is 0 Å². The van der Waals surface area contributed by atoms with Gasteiger partial charge in [0.25, 0.3) is 7.82 Å². The third-order valence-corrected chi connectivity index (χ3v) is 9.88. The van der Waals surface area contributed by atoms with E-state index in [1.54, 1.807) is 0 Å². The number of hydrogen-bond acceptors (Lipinski definition) is 7. The number of phosphoric ester groups is 1. The molecule has 0 aromatic rings. The van der Waals surface area contributed by atoms with Gasteiger partial charge in [-0.3, -0.25) is 9.36 Å². The number of nitrogens with zero attached hydrogens (tertiary/aromatic N) is 1. The van der Waals surface area contributed by atoms with E-state index in [1.165, 1.54) is 44.9 Å². The van der Waals surface area contributed by atoms with Crippen LogP contribution in [0.3, 0.4) is 0 Å². The normalized spacial score (nSPS) is 16.2. The highest BCUT2D eigenvalue weighted by atomic mass is 79.9. The molecule has 222 valence electrons. The molecule has 0 aliphatic heterocycles. The first kappa shape index (κ1) is 37.5. The SMILES string of the molecule is CCCCCCCCC(Br)C(Br)CCCCCCCC(=O)O[C@@H](CO)COP(=O)([O-])OCC[N+](C)(C)C. The van der Waals surface area contributed by atoms with Gasteiger partial charge in [0.1, 0.15) is 19.3 Å². The fourth-order valence-corrected chi connectivity index (χ4v) is 5.53. The molecule has 0 fully saturated rings. The van der Waals surface area contributed by atoms with Crippen molar-refractivity contribution in [2.24, 2.45) is 0 Å². The summed E-state index contributed by atoms with van der Waals surface area (Å²) < 4.78 is 27.1. The third kappa shape index (κ3) is 24.0. The van der Waals surface area contributed by atoms with E-state index in [0.717, 1.165) is 32.1 Å². The summed E-state index contributed by atoms with van der Waals surface area (Å²) in [5.41, 5.74) is 0. The van der Waals surface area contributed by atoms with Crippen molar-refractivity contribution in [3.05, 3.63) is 0 Å². The van der Waals surface area contributed by atoms with Crippen LogP contribution in [0.15, 0.2) is 0 Å². The highest BCUT2D eigenvalue weighted by Gasteiger charge is 2.19. The molecular weight excluding hydrogens is 629 g/mol. The Morgan fingerprint density at radius 3 is 1.92 bits per heavy atom. The molecule has 0 aromatic carbocycles. The van der Waals surface area contributed by atoms with Crippen LogP contribution < -0.4 is 4.89 Å². The highest BCUT2D eigenvalue weighted by molar-refractivity contribution is 9.12. The van der Waals surface area contributed by atoms with Crippen LogP contribution in [0.2, 0.25) is 0 Å². The summed E-state index contributed by atoms with van der Waals surface area (Å²) in [6, 6.07) is 0. The first-order valence-electron chi connectivity index (χ1n) is 13.9. The molecule has 37 heavy (non-hydrogen) atoms. The quantitative estimate of drug-likeness (QED) is 0.0408. The Bertz CT molecular complexity index is 622. The number of aliphatic hydroxyl groups is 1. The second-order valence-corrected chi connectivity index (χ2v) is 14.5. The van der Waals surface area contributed by atoms with Crippen molar-refractivity contribution in [2.75, 3.05) is 47.5 Å². The Morgan fingerprint density at radius 1 is 0.892 bits per heavy atom. The maximum atomic E-state index is 12.1. The maximum absolute atomic E-state index is 12.1. The molecule has 0 aliphatic rings. The Morgan fingerprint density at radius 2 is 1.41 bits per heavy atom. The standard InChI is InChI=1S/C26H52Br2NO7P/c1-5-6-7-8-10-13-16-24(27)25(28)17-14-11-9-12-15-18-26(31)36-23(21-30)22-35-37(32,33)34-20-19-29(2,3)4/h23-25,30H,5-22H2,1-4H3/t23-,24?,25?/m0/s1. The molecule has 0 saturated heterocycles. The number of hydrogen-bond donors (Lipinski definition) is 1. The van der Waals surface area contributed by atoms with E-state index >= 15 is 0 Å². The van der Waals surface area contributed by atoms with E-state index in [9.17, 15) is 19.4 Å². The maximum Gasteiger partial charge on any atom is 0.306 e. The number of phosphoric acid groups is 1. The van der Waals surface area contributed by atoms with Gasteiger partial charge >= 0.3 is 5.97 Å². The van der Waals surface area contributed by atoms with Gasteiger partial charge in [0.05, 0.1) is 34.4 Å². The lowest BCUT2D eigenvalue weighted by molar-refractivity contribution is -0.870. The third-order valence-electron chi connectivity index (χ3n) is 6.02. The predicted molar refractivity (Wildman–Crippen MR) is 155 cm³/mol. The van der Waals surface area contributed by atoms with Crippen LogP contribution in [0, 0.1) is 0 Å². The number of unbranched alkanes of at least 4 members (excludes halogenated alkanes) is 9. The van der Waals surface area contributed by atoms with E-state index in [0.29, 0.717) is 27.1 Å². The van der Waals surface area contributed by atoms with Crippen molar-refractivity contribution < 1.29 is 37.6 Å². The smallest absolute Gasteiger partial charge is 0.306 e. The second kappa shape index (κ2) is 22.2. The zero-order valence-electron chi connectivity index (χ0n) is 23.5. The van der Waals surface area contributed by atoms with Crippen molar-refractivity contribution in [2.45, 2.75) is 113 Å². The summed E-state index contributed by atoms with van der Waals surface area (Å²) in [5, 5.41) is 9.40. The van der Waals surface area contributed by atoms with Gasteiger partial charge in [-0.25, -0.2) is 0 Å². The van der Waals surface area contributed by atoms with E-state index in [-0.39, 0.29) is 13.0 Å². The highest BCUT2D eigenvalue weighted by Crippen LogP contribution is 2.38. The van der Waals surface area contributed by atoms with Crippen LogP contribution in [0.5, 0.6) is 0 Å². The van der Waals surface area contributed by atoms with E-state index in [4.69, 9.17) is 13.8 Å². The minimum absolute atomic E-state index is 0.0138. The van der Waals surface area contributed by atoms with Crippen LogP contribution in [-0.2, 0) is 23.1 Å². The van der Waals surface area contributed by atoms with Crippen LogP contribution in [0.4, 0.5) is 0 Å². The predicted octanol–water partition coefficient (Wildman–Crippen LogP) is 6.11. The molecule has 0 radical (unpaired) electrons. The summed E-state index contributed by atoms with van der Waals surface area (Å²) in [7, 11) is 1.22. The van der Waals surface area contributed by atoms with Crippen LogP contribution >= 0.6 is 39.7 Å². The lowest BCUT2D eigenvalue weighted by Crippen LogP contribution is -2.37. The first-order valence-corrected chi connectivity index (χ1v) is 17.2. The minimum Gasteiger partial charge on any atom is -0.756 e. The molecular formula is C26H52Br2NO7P. The summed E-state index contributed by atoms with van der Waals surface area (Å²) in [4.78, 5) is 24.9. The number of carbonyl (C=O) groups excluding carboxylic acids is 1. The Kier molecular flexibility index (Phi) is 22.5. The molecule has 3 unspecified atom stereocenters. The molecule has 0 aliphatic carbocycles. The number of quaternary nitrogens is 1. The van der Waals surface area contributed by atoms with Gasteiger partial charge in [0.2, 0.25) is 0 Å². The average molecular weight is 681 g/mol.